The van der Waals surface area contributed by atoms with Gasteiger partial charge in [-0.3, -0.25) is 0 Å². The molecule has 0 radical (unpaired) electrons. The summed E-state index contributed by atoms with van der Waals surface area (Å²) in [4.78, 5) is 3.29. The van der Waals surface area contributed by atoms with Gasteiger partial charge in [0.15, 0.2) is 0 Å². The Morgan fingerprint density at radius 2 is 2.21 bits per heavy atom. The Labute approximate surface area is 78.0 Å². The molecule has 0 aliphatic rings. The van der Waals surface area contributed by atoms with Crippen LogP contribution in [0.5, 0.6) is 0 Å². The molecule has 74 valence electrons. The third-order valence-electron chi connectivity index (χ3n) is 1.63. The Kier molecular flexibility index (Phi) is 3.04. The largest absolute Gasteiger partial charge is 0.326 e. The van der Waals surface area contributed by atoms with E-state index in [1.807, 2.05) is 0 Å². The van der Waals surface area contributed by atoms with Crippen molar-refractivity contribution < 1.29 is 13.2 Å². The molecule has 0 saturated carbocycles. The van der Waals surface area contributed by atoms with Crippen LogP contribution >= 0.6 is 0 Å². The Morgan fingerprint density at radius 1 is 1.57 bits per heavy atom. The molecule has 0 saturated heterocycles. The Balaban J connectivity index is 3.37. The molecule has 6 heteroatoms. The molecule has 0 amide bonds. The zero-order valence-corrected chi connectivity index (χ0v) is 6.97. The number of halogens is 3. The second kappa shape index (κ2) is 4.07. The second-order valence-corrected chi connectivity index (χ2v) is 2.47. The highest BCUT2D eigenvalue weighted by Gasteiger charge is 2.18. The Morgan fingerprint density at radius 3 is 2.64 bits per heavy atom. The number of alkyl halides is 2. The third-order valence-corrected chi connectivity index (χ3v) is 1.63. The van der Waals surface area contributed by atoms with Gasteiger partial charge < -0.3 is 5.73 Å². The molecule has 0 fully saturated rings. The van der Waals surface area contributed by atoms with Gasteiger partial charge >= 0.3 is 0 Å². The van der Waals surface area contributed by atoms with Crippen molar-refractivity contribution in [1.82, 2.24) is 4.98 Å². The number of nitriles is 1. The molecule has 1 rings (SSSR count). The highest BCUT2D eigenvalue weighted by atomic mass is 19.3. The van der Waals surface area contributed by atoms with Gasteiger partial charge in [0, 0.05) is 18.2 Å². The van der Waals surface area contributed by atoms with E-state index in [1.165, 1.54) is 6.07 Å². The lowest BCUT2D eigenvalue weighted by molar-refractivity contribution is 0.144. The lowest BCUT2D eigenvalue weighted by atomic mass is 10.1. The van der Waals surface area contributed by atoms with Crippen LogP contribution in [0.1, 0.15) is 23.4 Å². The van der Waals surface area contributed by atoms with Crippen LogP contribution < -0.4 is 5.73 Å². The van der Waals surface area contributed by atoms with Gasteiger partial charge in [0.1, 0.15) is 23.3 Å². The summed E-state index contributed by atoms with van der Waals surface area (Å²) in [6.45, 7) is -0.371. The summed E-state index contributed by atoms with van der Waals surface area (Å²) in [6.07, 6.45) is -2.93. The summed E-state index contributed by atoms with van der Waals surface area (Å²) in [5.74, 6) is -0.922. The van der Waals surface area contributed by atoms with Gasteiger partial charge in [-0.15, -0.1) is 0 Å². The van der Waals surface area contributed by atoms with Gasteiger partial charge in [0.25, 0.3) is 6.43 Å². The molecule has 3 nitrogen and oxygen atoms in total. The molecule has 0 spiro atoms. The normalized spacial score (nSPS) is 10.3. The Bertz CT molecular complexity index is 384. The number of hydrogen-bond donors (Lipinski definition) is 1. The van der Waals surface area contributed by atoms with Gasteiger partial charge in [0.05, 0.1) is 0 Å². The molecule has 0 aliphatic carbocycles. The zero-order chi connectivity index (χ0) is 10.7. The summed E-state index contributed by atoms with van der Waals surface area (Å²) in [5.41, 5.74) is 3.60. The molecule has 1 heterocycles. The van der Waals surface area contributed by atoms with E-state index < -0.39 is 17.9 Å². The number of pyridine rings is 1. The van der Waals surface area contributed by atoms with Crippen LogP contribution in [-0.2, 0) is 6.54 Å². The highest BCUT2D eigenvalue weighted by Crippen LogP contribution is 2.23. The number of rotatable bonds is 2. The summed E-state index contributed by atoms with van der Waals surface area (Å²) >= 11 is 0. The second-order valence-electron chi connectivity index (χ2n) is 2.47. The average Bonchev–Trinajstić information content (AvgIpc) is 2.16. The summed E-state index contributed by atoms with van der Waals surface area (Å²) in [7, 11) is 0. The lowest BCUT2D eigenvalue weighted by Gasteiger charge is -2.06. The quantitative estimate of drug-likeness (QED) is 0.788. The highest BCUT2D eigenvalue weighted by molar-refractivity contribution is 5.31. The first-order valence-electron chi connectivity index (χ1n) is 3.67. The van der Waals surface area contributed by atoms with Gasteiger partial charge in [0.2, 0.25) is 0 Å². The molecule has 0 aliphatic heterocycles. The van der Waals surface area contributed by atoms with E-state index in [1.54, 1.807) is 0 Å². The minimum atomic E-state index is -2.93. The Hall–Kier alpha value is -1.61. The van der Waals surface area contributed by atoms with Crippen LogP contribution in [0.4, 0.5) is 13.2 Å². The average molecular weight is 201 g/mol. The van der Waals surface area contributed by atoms with E-state index in [9.17, 15) is 13.2 Å². The molecule has 1 aromatic heterocycles. The van der Waals surface area contributed by atoms with Gasteiger partial charge in [-0.1, -0.05) is 0 Å². The van der Waals surface area contributed by atoms with E-state index in [2.05, 4.69) is 4.98 Å². The smallest absolute Gasteiger partial charge is 0.280 e. The first-order valence-corrected chi connectivity index (χ1v) is 3.67. The van der Waals surface area contributed by atoms with Crippen LogP contribution in [0.3, 0.4) is 0 Å². The van der Waals surface area contributed by atoms with E-state index in [0.717, 1.165) is 6.07 Å². The van der Waals surface area contributed by atoms with Crippen molar-refractivity contribution in [2.24, 2.45) is 5.73 Å². The van der Waals surface area contributed by atoms with Crippen molar-refractivity contribution in [3.05, 3.63) is 28.8 Å². The first kappa shape index (κ1) is 10.5. The van der Waals surface area contributed by atoms with Crippen molar-refractivity contribution in [2.45, 2.75) is 13.0 Å². The molecule has 0 aromatic carbocycles. The predicted octanol–water partition coefficient (Wildman–Crippen LogP) is 1.49. The number of aromatic nitrogens is 1. The lowest BCUT2D eigenvalue weighted by Crippen LogP contribution is -2.08. The monoisotopic (exact) mass is 201 g/mol. The van der Waals surface area contributed by atoms with Gasteiger partial charge in [-0.2, -0.15) is 5.26 Å². The number of nitrogens with zero attached hydrogens (tertiary/aromatic N) is 2. The third kappa shape index (κ3) is 1.83. The van der Waals surface area contributed by atoms with Crippen LogP contribution in [0.25, 0.3) is 0 Å². The van der Waals surface area contributed by atoms with Crippen LogP contribution in [0.15, 0.2) is 6.07 Å². The minimum Gasteiger partial charge on any atom is -0.326 e. The van der Waals surface area contributed by atoms with Gasteiger partial charge in [-0.05, 0) is 0 Å². The molecule has 0 unspecified atom stereocenters. The summed E-state index contributed by atoms with van der Waals surface area (Å²) in [6, 6.07) is 2.27. The fraction of sp³-hybridized carbons (Fsp3) is 0.250. The number of hydrogen-bond acceptors (Lipinski definition) is 3. The fourth-order valence-electron chi connectivity index (χ4n) is 0.999. The van der Waals surface area contributed by atoms with E-state index in [0.29, 0.717) is 0 Å². The standard InChI is InChI=1S/C8H6F3N3/c9-6-1-4(2-12)14-7(8(10)11)5(6)3-13/h1,8H,3,13H2. The van der Waals surface area contributed by atoms with E-state index in [4.69, 9.17) is 11.0 Å². The van der Waals surface area contributed by atoms with Crippen molar-refractivity contribution in [2.75, 3.05) is 0 Å². The zero-order valence-electron chi connectivity index (χ0n) is 6.97. The SMILES string of the molecule is N#Cc1cc(F)c(CN)c(C(F)F)n1. The van der Waals surface area contributed by atoms with Crippen molar-refractivity contribution >= 4 is 0 Å². The van der Waals surface area contributed by atoms with E-state index >= 15 is 0 Å². The predicted molar refractivity (Wildman–Crippen MR) is 41.8 cm³/mol. The molecule has 2 N–H and O–H groups in total. The maximum atomic E-state index is 13.1. The molecule has 1 aromatic rings. The topological polar surface area (TPSA) is 62.7 Å². The van der Waals surface area contributed by atoms with Gasteiger partial charge in [-0.25, -0.2) is 18.2 Å². The molecular formula is C8H6F3N3. The molecule has 0 bridgehead atoms. The van der Waals surface area contributed by atoms with E-state index in [-0.39, 0.29) is 17.8 Å². The summed E-state index contributed by atoms with van der Waals surface area (Å²) < 4.78 is 37.7. The summed E-state index contributed by atoms with van der Waals surface area (Å²) in [5, 5.41) is 8.38. The molecule has 14 heavy (non-hydrogen) atoms. The minimum absolute atomic E-state index is 0.348. The van der Waals surface area contributed by atoms with Crippen molar-refractivity contribution in [3.8, 4) is 6.07 Å². The van der Waals surface area contributed by atoms with Crippen LogP contribution in [-0.4, -0.2) is 4.98 Å². The van der Waals surface area contributed by atoms with Crippen molar-refractivity contribution in [3.63, 3.8) is 0 Å². The fourth-order valence-corrected chi connectivity index (χ4v) is 0.999. The van der Waals surface area contributed by atoms with Crippen molar-refractivity contribution in [1.29, 1.82) is 5.26 Å². The van der Waals surface area contributed by atoms with Crippen LogP contribution in [0, 0.1) is 17.1 Å². The maximum Gasteiger partial charge on any atom is 0.280 e. The molecular weight excluding hydrogens is 195 g/mol. The number of nitrogens with two attached hydrogens (primary N) is 1. The molecule has 0 atom stereocenters. The van der Waals surface area contributed by atoms with Crippen LogP contribution in [0.2, 0.25) is 0 Å². The maximum absolute atomic E-state index is 13.1. The first-order chi connectivity index (χ1) is 6.60.